The van der Waals surface area contributed by atoms with Gasteiger partial charge in [0.25, 0.3) is 0 Å². The average Bonchev–Trinajstić information content (AvgIpc) is 3.53. The molecule has 6 rings (SSSR count). The van der Waals surface area contributed by atoms with Gasteiger partial charge in [-0.15, -0.1) is 0 Å². The van der Waals surface area contributed by atoms with E-state index in [1.165, 1.54) is 5.69 Å². The number of piperazine rings is 1. The summed E-state index contributed by atoms with van der Waals surface area (Å²) in [5.41, 5.74) is 7.09. The Morgan fingerprint density at radius 3 is 2.59 bits per heavy atom. The molecular formula is C24H24N8. The molecule has 4 heterocycles. The molecule has 1 aliphatic heterocycles. The number of nitrogens with zero attached hydrogens (tertiary/aromatic N) is 6. The zero-order chi connectivity index (χ0) is 21.5. The molecule has 0 spiro atoms. The summed E-state index contributed by atoms with van der Waals surface area (Å²) in [6.07, 6.45) is 7.49. The molecule has 1 aliphatic rings. The second-order valence-electron chi connectivity index (χ2n) is 8.23. The molecule has 0 bridgehead atoms. The van der Waals surface area contributed by atoms with Crippen molar-refractivity contribution in [1.29, 1.82) is 0 Å². The predicted octanol–water partition coefficient (Wildman–Crippen LogP) is 3.77. The standard InChI is InChI=1S/C24H24N8/c1-30-10-12-31(13-11-30)20-5-3-19(4-6-20)28-23-24-25-8-9-32(24)22-14-17(2-7-21(22)29-23)18-15-26-27-16-18/h2-9,14-16H,10-13H2,1H3,(H,26,27)(H,28,29). The molecule has 3 aromatic heterocycles. The van der Waals surface area contributed by atoms with E-state index in [0.717, 1.165) is 65.5 Å². The monoisotopic (exact) mass is 424 g/mol. The Kier molecular flexibility index (Phi) is 4.50. The summed E-state index contributed by atoms with van der Waals surface area (Å²) >= 11 is 0. The van der Waals surface area contributed by atoms with E-state index in [4.69, 9.17) is 4.98 Å². The lowest BCUT2D eigenvalue weighted by molar-refractivity contribution is 0.313. The van der Waals surface area contributed by atoms with Gasteiger partial charge in [-0.3, -0.25) is 9.50 Å². The number of H-pyrrole nitrogens is 1. The van der Waals surface area contributed by atoms with Gasteiger partial charge in [0.2, 0.25) is 0 Å². The number of benzene rings is 2. The maximum atomic E-state index is 4.88. The lowest BCUT2D eigenvalue weighted by Crippen LogP contribution is -2.44. The van der Waals surface area contributed by atoms with Crippen LogP contribution in [0.3, 0.4) is 0 Å². The highest BCUT2D eigenvalue weighted by Gasteiger charge is 2.15. The van der Waals surface area contributed by atoms with Gasteiger partial charge in [0.05, 0.1) is 17.2 Å². The van der Waals surface area contributed by atoms with Crippen LogP contribution in [0.1, 0.15) is 0 Å². The first-order chi connectivity index (χ1) is 15.7. The lowest BCUT2D eigenvalue weighted by Gasteiger charge is -2.34. The smallest absolute Gasteiger partial charge is 0.180 e. The Hall–Kier alpha value is -3.91. The van der Waals surface area contributed by atoms with Crippen molar-refractivity contribution in [1.82, 2.24) is 29.5 Å². The number of imidazole rings is 1. The van der Waals surface area contributed by atoms with E-state index in [1.54, 1.807) is 0 Å². The summed E-state index contributed by atoms with van der Waals surface area (Å²) in [7, 11) is 2.18. The topological polar surface area (TPSA) is 77.4 Å². The fourth-order valence-electron chi connectivity index (χ4n) is 4.28. The first-order valence-electron chi connectivity index (χ1n) is 10.8. The van der Waals surface area contributed by atoms with E-state index in [-0.39, 0.29) is 0 Å². The Bertz CT molecular complexity index is 1360. The van der Waals surface area contributed by atoms with Crippen LogP contribution in [0.5, 0.6) is 0 Å². The summed E-state index contributed by atoms with van der Waals surface area (Å²) in [4.78, 5) is 14.2. The molecule has 0 saturated carbocycles. The third kappa shape index (κ3) is 3.34. The molecule has 8 heteroatoms. The fraction of sp³-hybridized carbons (Fsp3) is 0.208. The van der Waals surface area contributed by atoms with Gasteiger partial charge >= 0.3 is 0 Å². The molecule has 0 radical (unpaired) electrons. The number of likely N-dealkylation sites (N-methyl/N-ethyl adjacent to an activating group) is 1. The molecule has 8 nitrogen and oxygen atoms in total. The quantitative estimate of drug-likeness (QED) is 0.457. The Morgan fingerprint density at radius 1 is 0.969 bits per heavy atom. The van der Waals surface area contributed by atoms with Gasteiger partial charge in [0, 0.05) is 61.7 Å². The van der Waals surface area contributed by atoms with E-state index in [9.17, 15) is 0 Å². The summed E-state index contributed by atoms with van der Waals surface area (Å²) in [6, 6.07) is 14.8. The van der Waals surface area contributed by atoms with Gasteiger partial charge in [0.15, 0.2) is 11.5 Å². The minimum atomic E-state index is 0.742. The molecule has 2 N–H and O–H groups in total. The van der Waals surface area contributed by atoms with Crippen molar-refractivity contribution < 1.29 is 0 Å². The zero-order valence-corrected chi connectivity index (χ0v) is 17.9. The average molecular weight is 425 g/mol. The third-order valence-corrected chi connectivity index (χ3v) is 6.15. The van der Waals surface area contributed by atoms with Crippen molar-refractivity contribution in [3.05, 3.63) is 67.3 Å². The van der Waals surface area contributed by atoms with Crippen molar-refractivity contribution in [2.24, 2.45) is 0 Å². The molecule has 0 unspecified atom stereocenters. The van der Waals surface area contributed by atoms with Gasteiger partial charge in [-0.2, -0.15) is 5.10 Å². The molecule has 32 heavy (non-hydrogen) atoms. The number of anilines is 3. The molecule has 5 aromatic rings. The predicted molar refractivity (Wildman–Crippen MR) is 128 cm³/mol. The number of hydrogen-bond acceptors (Lipinski definition) is 6. The minimum absolute atomic E-state index is 0.742. The molecule has 2 aromatic carbocycles. The number of fused-ring (bicyclic) bond motifs is 3. The molecule has 1 fully saturated rings. The number of nitrogens with one attached hydrogen (secondary N) is 2. The van der Waals surface area contributed by atoms with Crippen molar-refractivity contribution in [3.63, 3.8) is 0 Å². The van der Waals surface area contributed by atoms with Crippen LogP contribution in [0.2, 0.25) is 0 Å². The Labute approximate surface area is 185 Å². The van der Waals surface area contributed by atoms with Crippen LogP contribution in [0.25, 0.3) is 27.8 Å². The van der Waals surface area contributed by atoms with Crippen molar-refractivity contribution in [3.8, 4) is 11.1 Å². The third-order valence-electron chi connectivity index (χ3n) is 6.15. The Balaban J connectivity index is 1.32. The van der Waals surface area contributed by atoms with E-state index >= 15 is 0 Å². The summed E-state index contributed by atoms with van der Waals surface area (Å²) in [6.45, 7) is 4.32. The second kappa shape index (κ2) is 7.65. The second-order valence-corrected chi connectivity index (χ2v) is 8.23. The normalized spacial score (nSPS) is 15.0. The molecule has 160 valence electrons. The van der Waals surface area contributed by atoms with Crippen LogP contribution in [0.15, 0.2) is 67.3 Å². The molecule has 0 atom stereocenters. The minimum Gasteiger partial charge on any atom is -0.369 e. The van der Waals surface area contributed by atoms with Gasteiger partial charge < -0.3 is 15.1 Å². The van der Waals surface area contributed by atoms with Crippen LogP contribution in [0.4, 0.5) is 17.2 Å². The summed E-state index contributed by atoms with van der Waals surface area (Å²) in [5, 5.41) is 10.4. The SMILES string of the molecule is CN1CCN(c2ccc(Nc3nc4ccc(-c5cn[nH]c5)cc4n4ccnc34)cc2)CC1. The van der Waals surface area contributed by atoms with Gasteiger partial charge in [-0.05, 0) is 49.0 Å². The van der Waals surface area contributed by atoms with Crippen LogP contribution in [-0.4, -0.2) is 62.7 Å². The highest BCUT2D eigenvalue weighted by atomic mass is 15.2. The van der Waals surface area contributed by atoms with E-state index in [2.05, 4.69) is 78.1 Å². The maximum Gasteiger partial charge on any atom is 0.180 e. The molecule has 0 amide bonds. The van der Waals surface area contributed by atoms with Crippen LogP contribution in [-0.2, 0) is 0 Å². The highest BCUT2D eigenvalue weighted by molar-refractivity contribution is 5.87. The van der Waals surface area contributed by atoms with Gasteiger partial charge in [-0.1, -0.05) is 6.07 Å². The molecule has 0 aliphatic carbocycles. The number of aromatic nitrogens is 5. The Morgan fingerprint density at radius 2 is 1.81 bits per heavy atom. The van der Waals surface area contributed by atoms with Crippen LogP contribution in [0, 0.1) is 0 Å². The summed E-state index contributed by atoms with van der Waals surface area (Å²) < 4.78 is 2.08. The first-order valence-corrected chi connectivity index (χ1v) is 10.8. The largest absolute Gasteiger partial charge is 0.369 e. The number of aromatic amines is 1. The molecular weight excluding hydrogens is 400 g/mol. The molecule has 1 saturated heterocycles. The van der Waals surface area contributed by atoms with Crippen molar-refractivity contribution >= 4 is 33.9 Å². The van der Waals surface area contributed by atoms with Crippen LogP contribution >= 0.6 is 0 Å². The van der Waals surface area contributed by atoms with E-state index in [1.807, 2.05) is 30.9 Å². The van der Waals surface area contributed by atoms with Crippen molar-refractivity contribution in [2.45, 2.75) is 0 Å². The summed E-state index contributed by atoms with van der Waals surface area (Å²) in [5.74, 6) is 0.742. The fourth-order valence-corrected chi connectivity index (χ4v) is 4.28. The maximum absolute atomic E-state index is 4.88. The van der Waals surface area contributed by atoms with E-state index in [0.29, 0.717) is 0 Å². The first kappa shape index (κ1) is 18.8. The van der Waals surface area contributed by atoms with Crippen LogP contribution < -0.4 is 10.2 Å². The highest BCUT2D eigenvalue weighted by Crippen LogP contribution is 2.28. The van der Waals surface area contributed by atoms with Gasteiger partial charge in [0.1, 0.15) is 0 Å². The number of hydrogen-bond donors (Lipinski definition) is 2. The van der Waals surface area contributed by atoms with E-state index < -0.39 is 0 Å². The van der Waals surface area contributed by atoms with Crippen molar-refractivity contribution in [2.75, 3.05) is 43.4 Å². The number of rotatable bonds is 4. The zero-order valence-electron chi connectivity index (χ0n) is 17.9. The van der Waals surface area contributed by atoms with Gasteiger partial charge in [-0.25, -0.2) is 9.97 Å². The lowest BCUT2D eigenvalue weighted by atomic mass is 10.1.